The van der Waals surface area contributed by atoms with Gasteiger partial charge >= 0.3 is 11.9 Å². The number of allylic oxidation sites excluding steroid dienone is 2. The van der Waals surface area contributed by atoms with Crippen LogP contribution in [0.1, 0.15) is 70.0 Å². The summed E-state index contributed by atoms with van der Waals surface area (Å²) in [5.41, 5.74) is 0.585. The van der Waals surface area contributed by atoms with Crippen molar-refractivity contribution in [2.75, 3.05) is 6.61 Å². The van der Waals surface area contributed by atoms with Gasteiger partial charge in [0.2, 0.25) is 0 Å². The van der Waals surface area contributed by atoms with Crippen LogP contribution < -0.4 is 14.2 Å². The third kappa shape index (κ3) is 7.94. The zero-order valence-corrected chi connectivity index (χ0v) is 22.3. The summed E-state index contributed by atoms with van der Waals surface area (Å²) in [6.07, 6.45) is 5.31. The number of ketones is 1. The van der Waals surface area contributed by atoms with Crippen LogP contribution >= 0.6 is 0 Å². The van der Waals surface area contributed by atoms with E-state index in [1.807, 2.05) is 13.0 Å². The molecule has 0 amide bonds. The lowest BCUT2D eigenvalue weighted by Gasteiger charge is -2.19. The van der Waals surface area contributed by atoms with Gasteiger partial charge in [0.05, 0.1) is 17.4 Å². The second-order valence-corrected chi connectivity index (χ2v) is 10.4. The Morgan fingerprint density at radius 3 is 1.97 bits per heavy atom. The van der Waals surface area contributed by atoms with E-state index in [4.69, 9.17) is 14.2 Å². The van der Waals surface area contributed by atoms with E-state index in [2.05, 4.69) is 6.58 Å². The fraction of sp³-hybridized carbons (Fsp3) is 0.367. The van der Waals surface area contributed by atoms with Gasteiger partial charge in [0.1, 0.15) is 17.2 Å². The molecule has 0 radical (unpaired) electrons. The third-order valence-electron chi connectivity index (χ3n) is 5.05. The topological polar surface area (TPSA) is 78.9 Å². The molecule has 0 heterocycles. The number of hydrogen-bond acceptors (Lipinski definition) is 6. The Morgan fingerprint density at radius 2 is 1.44 bits per heavy atom. The molecule has 0 saturated heterocycles. The van der Waals surface area contributed by atoms with E-state index in [9.17, 15) is 14.4 Å². The van der Waals surface area contributed by atoms with Crippen LogP contribution in [0.25, 0.3) is 6.08 Å². The summed E-state index contributed by atoms with van der Waals surface area (Å²) in [4.78, 5) is 37.3. The molecule has 0 fully saturated rings. The molecule has 2 aromatic carbocycles. The minimum absolute atomic E-state index is 0.223. The van der Waals surface area contributed by atoms with Crippen molar-refractivity contribution >= 4 is 23.8 Å². The van der Waals surface area contributed by atoms with Crippen molar-refractivity contribution in [2.45, 2.75) is 54.9 Å². The lowest BCUT2D eigenvalue weighted by atomic mass is 9.97. The van der Waals surface area contributed by atoms with Gasteiger partial charge < -0.3 is 14.2 Å². The standard InChI is InChI=1S/C30H36O6/c1-9-11-21-18-22(25(34-10-2)19-26(21)36-28(33)30(6,7)8)14-17-24(31)20-12-15-23(16-13-20)35-27(32)29(3,4)5/h9,12-19H,1,10-11H2,2-8H3/b17-14+. The number of hydrogen-bond donors (Lipinski definition) is 0. The maximum absolute atomic E-state index is 12.8. The van der Waals surface area contributed by atoms with E-state index in [1.165, 1.54) is 6.08 Å². The van der Waals surface area contributed by atoms with Gasteiger partial charge in [-0.1, -0.05) is 6.08 Å². The summed E-state index contributed by atoms with van der Waals surface area (Å²) >= 11 is 0. The zero-order chi connectivity index (χ0) is 27.1. The van der Waals surface area contributed by atoms with Gasteiger partial charge in [-0.3, -0.25) is 14.4 Å². The molecule has 0 unspecified atom stereocenters. The number of rotatable bonds is 9. The molecule has 36 heavy (non-hydrogen) atoms. The first-order valence-electron chi connectivity index (χ1n) is 11.9. The molecule has 0 saturated carbocycles. The van der Waals surface area contributed by atoms with Crippen molar-refractivity contribution in [1.29, 1.82) is 0 Å². The Balaban J connectivity index is 2.31. The summed E-state index contributed by atoms with van der Waals surface area (Å²) < 4.78 is 16.8. The molecule has 0 aliphatic heterocycles. The van der Waals surface area contributed by atoms with Crippen LogP contribution in [-0.2, 0) is 16.0 Å². The minimum Gasteiger partial charge on any atom is -0.493 e. The fourth-order valence-corrected chi connectivity index (χ4v) is 2.91. The van der Waals surface area contributed by atoms with Gasteiger partial charge in [-0.25, -0.2) is 0 Å². The third-order valence-corrected chi connectivity index (χ3v) is 5.05. The fourth-order valence-electron chi connectivity index (χ4n) is 2.91. The summed E-state index contributed by atoms with van der Waals surface area (Å²) in [7, 11) is 0. The Morgan fingerprint density at radius 1 is 0.861 bits per heavy atom. The molecule has 2 rings (SSSR count). The summed E-state index contributed by atoms with van der Waals surface area (Å²) in [6.45, 7) is 16.7. The average molecular weight is 493 g/mol. The van der Waals surface area contributed by atoms with E-state index in [-0.39, 0.29) is 17.7 Å². The highest BCUT2D eigenvalue weighted by atomic mass is 16.5. The molecule has 2 aromatic rings. The van der Waals surface area contributed by atoms with Crippen LogP contribution in [0.4, 0.5) is 0 Å². The van der Waals surface area contributed by atoms with Gasteiger partial charge in [-0.15, -0.1) is 6.58 Å². The normalized spacial score (nSPS) is 11.8. The van der Waals surface area contributed by atoms with Crippen LogP contribution in [0.15, 0.2) is 55.1 Å². The minimum atomic E-state index is -0.664. The Kier molecular flexibility index (Phi) is 9.40. The van der Waals surface area contributed by atoms with Crippen molar-refractivity contribution in [2.24, 2.45) is 10.8 Å². The van der Waals surface area contributed by atoms with Crippen molar-refractivity contribution in [3.05, 3.63) is 71.8 Å². The van der Waals surface area contributed by atoms with E-state index >= 15 is 0 Å². The molecule has 0 aliphatic carbocycles. The Labute approximate surface area is 214 Å². The van der Waals surface area contributed by atoms with Gasteiger partial charge in [0.15, 0.2) is 5.78 Å². The molecule has 6 heteroatoms. The molecule has 0 aliphatic rings. The molecular weight excluding hydrogens is 456 g/mol. The maximum atomic E-state index is 12.8. The van der Waals surface area contributed by atoms with E-state index < -0.39 is 10.8 Å². The summed E-state index contributed by atoms with van der Waals surface area (Å²) in [6, 6.07) is 9.91. The molecular formula is C30H36O6. The van der Waals surface area contributed by atoms with Gasteiger partial charge in [0, 0.05) is 17.2 Å². The first kappa shape index (κ1) is 28.6. The van der Waals surface area contributed by atoms with Crippen LogP contribution in [-0.4, -0.2) is 24.3 Å². The second kappa shape index (κ2) is 11.8. The van der Waals surface area contributed by atoms with Crippen LogP contribution in [0.3, 0.4) is 0 Å². The predicted octanol–water partition coefficient (Wildman–Crippen LogP) is 6.61. The molecule has 0 aromatic heterocycles. The highest BCUT2D eigenvalue weighted by molar-refractivity contribution is 6.07. The molecule has 6 nitrogen and oxygen atoms in total. The van der Waals surface area contributed by atoms with Crippen LogP contribution in [0.5, 0.6) is 17.2 Å². The summed E-state index contributed by atoms with van der Waals surface area (Å²) in [5, 5.41) is 0. The van der Waals surface area contributed by atoms with Crippen molar-refractivity contribution in [3.63, 3.8) is 0 Å². The van der Waals surface area contributed by atoms with Crippen LogP contribution in [0, 0.1) is 10.8 Å². The van der Waals surface area contributed by atoms with E-state index in [1.54, 1.807) is 84.0 Å². The van der Waals surface area contributed by atoms with E-state index in [0.717, 1.165) is 5.56 Å². The van der Waals surface area contributed by atoms with E-state index in [0.29, 0.717) is 41.4 Å². The first-order valence-corrected chi connectivity index (χ1v) is 11.9. The molecule has 0 bridgehead atoms. The van der Waals surface area contributed by atoms with Crippen LogP contribution in [0.2, 0.25) is 0 Å². The van der Waals surface area contributed by atoms with Gasteiger partial charge in [-0.05, 0) is 103 Å². The smallest absolute Gasteiger partial charge is 0.316 e. The highest BCUT2D eigenvalue weighted by Crippen LogP contribution is 2.33. The monoisotopic (exact) mass is 492 g/mol. The summed E-state index contributed by atoms with van der Waals surface area (Å²) in [5.74, 6) is 0.350. The van der Waals surface area contributed by atoms with Gasteiger partial charge in [0.25, 0.3) is 0 Å². The lowest BCUT2D eigenvalue weighted by Crippen LogP contribution is -2.26. The first-order chi connectivity index (χ1) is 16.8. The molecule has 0 spiro atoms. The lowest BCUT2D eigenvalue weighted by molar-refractivity contribution is -0.143. The SMILES string of the molecule is C=CCc1cc(/C=C/C(=O)c2ccc(OC(=O)C(C)(C)C)cc2)c(OCC)cc1OC(=O)C(C)(C)C. The second-order valence-electron chi connectivity index (χ2n) is 10.4. The average Bonchev–Trinajstić information content (AvgIpc) is 2.79. The predicted molar refractivity (Wildman–Crippen MR) is 141 cm³/mol. The van der Waals surface area contributed by atoms with Gasteiger partial charge in [-0.2, -0.15) is 0 Å². The van der Waals surface area contributed by atoms with Crippen molar-refractivity contribution in [3.8, 4) is 17.2 Å². The number of benzene rings is 2. The number of carbonyl (C=O) groups is 3. The zero-order valence-electron chi connectivity index (χ0n) is 22.3. The quantitative estimate of drug-likeness (QED) is 0.129. The molecule has 0 N–H and O–H groups in total. The highest BCUT2D eigenvalue weighted by Gasteiger charge is 2.25. The largest absolute Gasteiger partial charge is 0.493 e. The van der Waals surface area contributed by atoms with Crippen molar-refractivity contribution < 1.29 is 28.6 Å². The van der Waals surface area contributed by atoms with Crippen molar-refractivity contribution in [1.82, 2.24) is 0 Å². The number of esters is 2. The number of carbonyl (C=O) groups excluding carboxylic acids is 3. The maximum Gasteiger partial charge on any atom is 0.316 e. The molecule has 0 atom stereocenters. The Hall–Kier alpha value is -3.67. The Bertz CT molecular complexity index is 1140. The number of ether oxygens (including phenoxy) is 3. The molecule has 192 valence electrons.